The first kappa shape index (κ1) is 13.2. The Kier molecular flexibility index (Phi) is 3.55. The highest BCUT2D eigenvalue weighted by Crippen LogP contribution is 2.19. The zero-order chi connectivity index (χ0) is 13.2. The van der Waals surface area contributed by atoms with Gasteiger partial charge in [0.1, 0.15) is 5.54 Å². The van der Waals surface area contributed by atoms with Crippen LogP contribution in [0.5, 0.6) is 0 Å². The summed E-state index contributed by atoms with van der Waals surface area (Å²) >= 11 is 0. The first-order chi connectivity index (χ1) is 7.82. The van der Waals surface area contributed by atoms with Gasteiger partial charge >= 0.3 is 5.97 Å². The molecular weight excluding hydrogens is 222 g/mol. The normalized spacial score (nSPS) is 11.3. The van der Waals surface area contributed by atoms with Crippen molar-refractivity contribution >= 4 is 11.9 Å². The smallest absolute Gasteiger partial charge is 0.329 e. The minimum atomic E-state index is -1.24. The number of carboxylic acids is 1. The van der Waals surface area contributed by atoms with Crippen LogP contribution < -0.4 is 0 Å². The average molecular weight is 239 g/mol. The van der Waals surface area contributed by atoms with Crippen molar-refractivity contribution in [3.63, 3.8) is 0 Å². The third kappa shape index (κ3) is 2.30. The molecule has 0 aromatic carbocycles. The molecule has 0 unspecified atom stereocenters. The Morgan fingerprint density at radius 2 is 2.12 bits per heavy atom. The highest BCUT2D eigenvalue weighted by Gasteiger charge is 2.37. The molecule has 1 amide bonds. The number of nitrogens with one attached hydrogen (secondary N) is 1. The van der Waals surface area contributed by atoms with Crippen LogP contribution in [0.3, 0.4) is 0 Å². The lowest BCUT2D eigenvalue weighted by Gasteiger charge is -2.34. The molecule has 17 heavy (non-hydrogen) atoms. The van der Waals surface area contributed by atoms with E-state index >= 15 is 0 Å². The third-order valence-corrected chi connectivity index (χ3v) is 2.82. The van der Waals surface area contributed by atoms with E-state index in [9.17, 15) is 9.59 Å². The van der Waals surface area contributed by atoms with E-state index in [4.69, 9.17) is 5.11 Å². The number of rotatable bonds is 4. The minimum absolute atomic E-state index is 0.322. The standard InChI is InChI=1S/C11H17N3O3/c1-5-14(11(3,4)10(16)17)9(15)8-6-12-13-7(8)2/h6H,5H2,1-4H3,(H,12,13)(H,16,17). The van der Waals surface area contributed by atoms with E-state index < -0.39 is 11.5 Å². The summed E-state index contributed by atoms with van der Waals surface area (Å²) in [5.41, 5.74) is -0.203. The lowest BCUT2D eigenvalue weighted by molar-refractivity contribution is -0.147. The van der Waals surface area contributed by atoms with Crippen molar-refractivity contribution < 1.29 is 14.7 Å². The van der Waals surface area contributed by atoms with E-state index in [1.807, 2.05) is 0 Å². The Hall–Kier alpha value is -1.85. The number of aromatic nitrogens is 2. The Morgan fingerprint density at radius 3 is 2.47 bits per heavy atom. The molecule has 0 aliphatic carbocycles. The number of amides is 1. The topological polar surface area (TPSA) is 86.3 Å². The zero-order valence-corrected chi connectivity index (χ0v) is 10.4. The Labute approximate surface area is 99.6 Å². The summed E-state index contributed by atoms with van der Waals surface area (Å²) in [5.74, 6) is -1.36. The van der Waals surface area contributed by atoms with Gasteiger partial charge < -0.3 is 10.0 Å². The van der Waals surface area contributed by atoms with E-state index in [-0.39, 0.29) is 5.91 Å². The molecule has 1 heterocycles. The van der Waals surface area contributed by atoms with E-state index in [1.54, 1.807) is 13.8 Å². The number of aliphatic carboxylic acids is 1. The zero-order valence-electron chi connectivity index (χ0n) is 10.4. The summed E-state index contributed by atoms with van der Waals surface area (Å²) in [7, 11) is 0. The van der Waals surface area contributed by atoms with Gasteiger partial charge in [-0.3, -0.25) is 9.89 Å². The Morgan fingerprint density at radius 1 is 1.53 bits per heavy atom. The second-order valence-corrected chi connectivity index (χ2v) is 4.32. The lowest BCUT2D eigenvalue weighted by atomic mass is 10.0. The molecule has 0 spiro atoms. The van der Waals surface area contributed by atoms with Gasteiger partial charge in [-0.2, -0.15) is 5.10 Å². The number of carbonyl (C=O) groups is 2. The van der Waals surface area contributed by atoms with Crippen molar-refractivity contribution in [2.24, 2.45) is 0 Å². The fourth-order valence-corrected chi connectivity index (χ4v) is 1.62. The van der Waals surface area contributed by atoms with Crippen LogP contribution in [0.2, 0.25) is 0 Å². The second kappa shape index (κ2) is 4.57. The van der Waals surface area contributed by atoms with Crippen molar-refractivity contribution in [2.75, 3.05) is 6.54 Å². The molecule has 0 atom stereocenters. The first-order valence-corrected chi connectivity index (χ1v) is 5.37. The fourth-order valence-electron chi connectivity index (χ4n) is 1.62. The molecule has 0 saturated heterocycles. The van der Waals surface area contributed by atoms with Crippen molar-refractivity contribution in [3.05, 3.63) is 17.5 Å². The molecule has 1 aromatic rings. The quantitative estimate of drug-likeness (QED) is 0.822. The van der Waals surface area contributed by atoms with Crippen LogP contribution in [0.4, 0.5) is 0 Å². The summed E-state index contributed by atoms with van der Waals surface area (Å²) in [6.07, 6.45) is 1.41. The summed E-state index contributed by atoms with van der Waals surface area (Å²) in [6.45, 7) is 6.81. The molecule has 6 nitrogen and oxygen atoms in total. The van der Waals surface area contributed by atoms with Gasteiger partial charge in [-0.15, -0.1) is 0 Å². The maximum atomic E-state index is 12.2. The number of hydrogen-bond acceptors (Lipinski definition) is 3. The van der Waals surface area contributed by atoms with Crippen LogP contribution in [-0.4, -0.2) is 44.2 Å². The molecule has 2 N–H and O–H groups in total. The van der Waals surface area contributed by atoms with Crippen LogP contribution >= 0.6 is 0 Å². The van der Waals surface area contributed by atoms with Crippen LogP contribution in [-0.2, 0) is 4.79 Å². The maximum absolute atomic E-state index is 12.2. The monoisotopic (exact) mass is 239 g/mol. The number of likely N-dealkylation sites (N-methyl/N-ethyl adjacent to an activating group) is 1. The van der Waals surface area contributed by atoms with Crippen LogP contribution in [0, 0.1) is 6.92 Å². The molecule has 0 aliphatic heterocycles. The van der Waals surface area contributed by atoms with Crippen molar-refractivity contribution in [2.45, 2.75) is 33.2 Å². The fraction of sp³-hybridized carbons (Fsp3) is 0.545. The van der Waals surface area contributed by atoms with E-state index in [2.05, 4.69) is 10.2 Å². The SMILES string of the molecule is CCN(C(=O)c1cn[nH]c1C)C(C)(C)C(=O)O. The molecule has 0 saturated carbocycles. The summed E-state index contributed by atoms with van der Waals surface area (Å²) < 4.78 is 0. The Bertz CT molecular complexity index is 437. The number of carbonyl (C=O) groups excluding carboxylic acids is 1. The molecular formula is C11H17N3O3. The largest absolute Gasteiger partial charge is 0.480 e. The highest BCUT2D eigenvalue weighted by molar-refractivity contribution is 5.98. The molecule has 0 bridgehead atoms. The highest BCUT2D eigenvalue weighted by atomic mass is 16.4. The second-order valence-electron chi connectivity index (χ2n) is 4.32. The molecule has 0 aliphatic rings. The molecule has 1 aromatic heterocycles. The van der Waals surface area contributed by atoms with Crippen LogP contribution in [0.25, 0.3) is 0 Å². The number of nitrogens with zero attached hydrogens (tertiary/aromatic N) is 2. The van der Waals surface area contributed by atoms with Crippen molar-refractivity contribution in [1.82, 2.24) is 15.1 Å². The average Bonchev–Trinajstić information content (AvgIpc) is 2.64. The van der Waals surface area contributed by atoms with Crippen molar-refractivity contribution in [3.8, 4) is 0 Å². The van der Waals surface area contributed by atoms with Gasteiger partial charge in [0, 0.05) is 12.2 Å². The number of H-pyrrole nitrogens is 1. The number of aromatic amines is 1. The number of carboxylic acid groups (broad SMARTS) is 1. The van der Waals surface area contributed by atoms with Crippen molar-refractivity contribution in [1.29, 1.82) is 0 Å². The van der Waals surface area contributed by atoms with Gasteiger partial charge in [-0.1, -0.05) is 0 Å². The molecule has 6 heteroatoms. The summed E-state index contributed by atoms with van der Waals surface area (Å²) in [4.78, 5) is 24.7. The minimum Gasteiger partial charge on any atom is -0.480 e. The maximum Gasteiger partial charge on any atom is 0.329 e. The van der Waals surface area contributed by atoms with Gasteiger partial charge in [-0.05, 0) is 27.7 Å². The predicted molar refractivity (Wildman–Crippen MR) is 61.8 cm³/mol. The van der Waals surface area contributed by atoms with Gasteiger partial charge in [0.25, 0.3) is 5.91 Å². The summed E-state index contributed by atoms with van der Waals surface area (Å²) in [6, 6.07) is 0. The van der Waals surface area contributed by atoms with Gasteiger partial charge in [-0.25, -0.2) is 4.79 Å². The van der Waals surface area contributed by atoms with E-state index in [0.717, 1.165) is 0 Å². The first-order valence-electron chi connectivity index (χ1n) is 5.37. The third-order valence-electron chi connectivity index (χ3n) is 2.82. The molecule has 0 fully saturated rings. The summed E-state index contributed by atoms with van der Waals surface area (Å²) in [5, 5.41) is 15.6. The molecule has 0 radical (unpaired) electrons. The predicted octanol–water partition coefficient (Wildman–Crippen LogP) is 1.04. The number of aryl methyl sites for hydroxylation is 1. The lowest BCUT2D eigenvalue weighted by Crippen LogP contribution is -2.53. The molecule has 1 rings (SSSR count). The van der Waals surface area contributed by atoms with E-state index in [0.29, 0.717) is 17.8 Å². The van der Waals surface area contributed by atoms with Gasteiger partial charge in [0.2, 0.25) is 0 Å². The van der Waals surface area contributed by atoms with E-state index in [1.165, 1.54) is 24.9 Å². The van der Waals surface area contributed by atoms with Gasteiger partial charge in [0.05, 0.1) is 11.8 Å². The van der Waals surface area contributed by atoms with Gasteiger partial charge in [0.15, 0.2) is 0 Å². The number of hydrogen-bond donors (Lipinski definition) is 2. The molecule has 94 valence electrons. The Balaban J connectivity index is 3.09. The van der Waals surface area contributed by atoms with Crippen LogP contribution in [0.15, 0.2) is 6.20 Å². The van der Waals surface area contributed by atoms with Crippen LogP contribution in [0.1, 0.15) is 36.8 Å².